The van der Waals surface area contributed by atoms with Crippen LogP contribution in [0.2, 0.25) is 0 Å². The maximum atomic E-state index is 10.5. The molecule has 0 aliphatic carbocycles. The largest absolute Gasteiger partial charge is 0.476 e. The van der Waals surface area contributed by atoms with Gasteiger partial charge in [-0.1, -0.05) is 6.08 Å². The molecule has 0 saturated heterocycles. The first-order valence-corrected chi connectivity index (χ1v) is 4.66. The number of unbranched alkanes of at least 4 members (excludes halogenated alkanes) is 1. The molecule has 1 rings (SSSR count). The lowest BCUT2D eigenvalue weighted by Crippen LogP contribution is -2.18. The van der Waals surface area contributed by atoms with E-state index in [1.165, 1.54) is 0 Å². The summed E-state index contributed by atoms with van der Waals surface area (Å²) in [6.07, 6.45) is 4.83. The Bertz CT molecular complexity index is 346. The van der Waals surface area contributed by atoms with E-state index in [1.807, 2.05) is 6.08 Å². The lowest BCUT2D eigenvalue weighted by atomic mass is 10.3. The number of rotatable bonds is 6. The second-order valence-electron chi connectivity index (χ2n) is 3.17. The Morgan fingerprint density at radius 3 is 3.07 bits per heavy atom. The smallest absolute Gasteiger partial charge is 0.357 e. The molecule has 0 spiro atoms. The fourth-order valence-corrected chi connectivity index (χ4v) is 1.11. The molecule has 0 amide bonds. The molecule has 0 aliphatic rings. The zero-order chi connectivity index (χ0) is 11.3. The van der Waals surface area contributed by atoms with E-state index < -0.39 is 5.97 Å². The highest BCUT2D eigenvalue weighted by Crippen LogP contribution is 2.12. The van der Waals surface area contributed by atoms with Crippen molar-refractivity contribution in [2.75, 3.05) is 18.5 Å². The summed E-state index contributed by atoms with van der Waals surface area (Å²) in [5, 5.41) is 8.64. The Morgan fingerprint density at radius 2 is 2.53 bits per heavy atom. The van der Waals surface area contributed by atoms with Gasteiger partial charge < -0.3 is 14.4 Å². The number of carboxylic acid groups (broad SMARTS) is 1. The van der Waals surface area contributed by atoms with Crippen LogP contribution in [0, 0.1) is 0 Å². The number of allylic oxidation sites excluding steroid dienone is 1. The van der Waals surface area contributed by atoms with Crippen molar-refractivity contribution in [1.29, 1.82) is 0 Å². The van der Waals surface area contributed by atoms with Crippen LogP contribution in [-0.2, 0) is 0 Å². The van der Waals surface area contributed by atoms with Crippen molar-refractivity contribution < 1.29 is 14.3 Å². The van der Waals surface area contributed by atoms with Crippen molar-refractivity contribution in [3.05, 3.63) is 24.6 Å². The number of carboxylic acids is 1. The van der Waals surface area contributed by atoms with Gasteiger partial charge in [0.05, 0.1) is 0 Å². The Hall–Kier alpha value is -1.78. The molecule has 0 fully saturated rings. The Balaban J connectivity index is 2.53. The van der Waals surface area contributed by atoms with Crippen LogP contribution in [0.4, 0.5) is 6.01 Å². The number of hydrogen-bond donors (Lipinski definition) is 1. The molecule has 0 saturated carbocycles. The summed E-state index contributed by atoms with van der Waals surface area (Å²) < 4.78 is 5.03. The van der Waals surface area contributed by atoms with Crippen LogP contribution in [0.25, 0.3) is 0 Å². The maximum Gasteiger partial charge on any atom is 0.357 e. The second kappa shape index (κ2) is 5.19. The zero-order valence-corrected chi connectivity index (χ0v) is 8.64. The van der Waals surface area contributed by atoms with E-state index in [0.29, 0.717) is 6.01 Å². The summed E-state index contributed by atoms with van der Waals surface area (Å²) in [5.41, 5.74) is -0.0689. The molecule has 15 heavy (non-hydrogen) atoms. The molecular formula is C10H14N2O3. The lowest BCUT2D eigenvalue weighted by Gasteiger charge is -2.12. The van der Waals surface area contributed by atoms with Gasteiger partial charge in [0.1, 0.15) is 6.26 Å². The quantitative estimate of drug-likeness (QED) is 0.572. The monoisotopic (exact) mass is 210 g/mol. The fourth-order valence-electron chi connectivity index (χ4n) is 1.11. The number of aromatic carboxylic acids is 1. The van der Waals surface area contributed by atoms with Gasteiger partial charge in [0, 0.05) is 13.6 Å². The number of oxazole rings is 1. The molecule has 0 aromatic carbocycles. The minimum Gasteiger partial charge on any atom is -0.476 e. The highest BCUT2D eigenvalue weighted by Gasteiger charge is 2.12. The molecule has 82 valence electrons. The molecule has 5 heteroatoms. The van der Waals surface area contributed by atoms with Gasteiger partial charge in [-0.15, -0.1) is 6.58 Å². The molecule has 1 aromatic heterocycles. The van der Waals surface area contributed by atoms with Gasteiger partial charge in [-0.05, 0) is 12.8 Å². The third kappa shape index (κ3) is 3.12. The topological polar surface area (TPSA) is 66.6 Å². The molecule has 0 radical (unpaired) electrons. The molecule has 0 atom stereocenters. The van der Waals surface area contributed by atoms with Crippen LogP contribution in [0.15, 0.2) is 23.3 Å². The van der Waals surface area contributed by atoms with Gasteiger partial charge >= 0.3 is 5.97 Å². The predicted octanol–water partition coefficient (Wildman–Crippen LogP) is 1.78. The highest BCUT2D eigenvalue weighted by molar-refractivity contribution is 5.85. The summed E-state index contributed by atoms with van der Waals surface area (Å²) >= 11 is 0. The van der Waals surface area contributed by atoms with Crippen molar-refractivity contribution in [3.63, 3.8) is 0 Å². The van der Waals surface area contributed by atoms with Crippen LogP contribution in [0.5, 0.6) is 0 Å². The van der Waals surface area contributed by atoms with E-state index in [1.54, 1.807) is 11.9 Å². The normalized spacial score (nSPS) is 9.93. The summed E-state index contributed by atoms with van der Waals surface area (Å²) in [4.78, 5) is 16.1. The van der Waals surface area contributed by atoms with Crippen LogP contribution in [-0.4, -0.2) is 29.7 Å². The Kier molecular flexibility index (Phi) is 3.91. The summed E-state index contributed by atoms with van der Waals surface area (Å²) in [5.74, 6) is -1.08. The Morgan fingerprint density at radius 1 is 1.80 bits per heavy atom. The fraction of sp³-hybridized carbons (Fsp3) is 0.400. The third-order valence-electron chi connectivity index (χ3n) is 1.94. The third-order valence-corrected chi connectivity index (χ3v) is 1.94. The number of hydrogen-bond acceptors (Lipinski definition) is 4. The van der Waals surface area contributed by atoms with Gasteiger partial charge in [0.25, 0.3) is 6.01 Å². The molecule has 0 unspecified atom stereocenters. The average Bonchev–Trinajstić information content (AvgIpc) is 2.66. The number of nitrogens with zero attached hydrogens (tertiary/aromatic N) is 2. The minimum absolute atomic E-state index is 0.0689. The van der Waals surface area contributed by atoms with Crippen molar-refractivity contribution in [2.24, 2.45) is 0 Å². The van der Waals surface area contributed by atoms with E-state index >= 15 is 0 Å². The average molecular weight is 210 g/mol. The molecular weight excluding hydrogens is 196 g/mol. The SMILES string of the molecule is C=CCCCN(C)c1nc(C(=O)O)co1. The van der Waals surface area contributed by atoms with Crippen molar-refractivity contribution in [3.8, 4) is 0 Å². The van der Waals surface area contributed by atoms with Crippen LogP contribution in [0.1, 0.15) is 23.3 Å². The Labute approximate surface area is 88.0 Å². The van der Waals surface area contributed by atoms with Crippen LogP contribution in [0.3, 0.4) is 0 Å². The van der Waals surface area contributed by atoms with Crippen molar-refractivity contribution in [1.82, 2.24) is 4.98 Å². The first-order valence-electron chi connectivity index (χ1n) is 4.66. The van der Waals surface area contributed by atoms with Crippen LogP contribution >= 0.6 is 0 Å². The van der Waals surface area contributed by atoms with E-state index in [2.05, 4.69) is 11.6 Å². The summed E-state index contributed by atoms with van der Waals surface area (Å²) in [7, 11) is 1.81. The molecule has 5 nitrogen and oxygen atoms in total. The first kappa shape index (κ1) is 11.3. The van der Waals surface area contributed by atoms with Gasteiger partial charge in [-0.2, -0.15) is 4.98 Å². The number of carbonyl (C=O) groups is 1. The molecule has 1 heterocycles. The highest BCUT2D eigenvalue weighted by atomic mass is 16.4. The van der Waals surface area contributed by atoms with Crippen molar-refractivity contribution >= 4 is 12.0 Å². The summed E-state index contributed by atoms with van der Waals surface area (Å²) in [6.45, 7) is 4.38. The number of aromatic nitrogens is 1. The number of anilines is 1. The second-order valence-corrected chi connectivity index (χ2v) is 3.17. The molecule has 0 bridgehead atoms. The zero-order valence-electron chi connectivity index (χ0n) is 8.64. The predicted molar refractivity (Wildman–Crippen MR) is 56.2 cm³/mol. The van der Waals surface area contributed by atoms with Gasteiger partial charge in [0.15, 0.2) is 5.69 Å². The minimum atomic E-state index is -1.08. The summed E-state index contributed by atoms with van der Waals surface area (Å²) in [6, 6.07) is 0.330. The maximum absolute atomic E-state index is 10.5. The lowest BCUT2D eigenvalue weighted by molar-refractivity contribution is 0.0690. The standard InChI is InChI=1S/C10H14N2O3/c1-3-4-5-6-12(2)10-11-8(7-15-10)9(13)14/h3,7H,1,4-6H2,2H3,(H,13,14). The van der Waals surface area contributed by atoms with Gasteiger partial charge in [-0.25, -0.2) is 4.79 Å². The van der Waals surface area contributed by atoms with Crippen LogP contribution < -0.4 is 4.90 Å². The molecule has 1 N–H and O–H groups in total. The molecule has 1 aromatic rings. The van der Waals surface area contributed by atoms with E-state index in [-0.39, 0.29) is 5.69 Å². The van der Waals surface area contributed by atoms with E-state index in [4.69, 9.17) is 9.52 Å². The van der Waals surface area contributed by atoms with Gasteiger partial charge in [0.2, 0.25) is 0 Å². The van der Waals surface area contributed by atoms with Gasteiger partial charge in [-0.3, -0.25) is 0 Å². The first-order chi connectivity index (χ1) is 7.15. The van der Waals surface area contributed by atoms with E-state index in [9.17, 15) is 4.79 Å². The van der Waals surface area contributed by atoms with Crippen molar-refractivity contribution in [2.45, 2.75) is 12.8 Å². The molecule has 0 aliphatic heterocycles. The van der Waals surface area contributed by atoms with E-state index in [0.717, 1.165) is 25.6 Å².